The number of nitrogens with one attached hydrogen (secondary N) is 1. The third-order valence-corrected chi connectivity index (χ3v) is 4.56. The SMILES string of the molecule is Cn1cc([C@@H]2OCC[C@H]2CN[C@@H]2CCN(CC(F)(F)F)C2=O)cn1. The number of hydrogen-bond acceptors (Lipinski definition) is 4. The Morgan fingerprint density at radius 3 is 2.88 bits per heavy atom. The van der Waals surface area contributed by atoms with Gasteiger partial charge in [0.05, 0.1) is 18.3 Å². The maximum atomic E-state index is 12.4. The van der Waals surface area contributed by atoms with Gasteiger partial charge in [0.2, 0.25) is 5.91 Å². The van der Waals surface area contributed by atoms with Gasteiger partial charge in [-0.2, -0.15) is 18.3 Å². The predicted octanol–water partition coefficient (Wildman–Crippen LogP) is 1.25. The van der Waals surface area contributed by atoms with Gasteiger partial charge in [-0.05, 0) is 12.8 Å². The highest BCUT2D eigenvalue weighted by Crippen LogP contribution is 2.34. The van der Waals surface area contributed by atoms with Crippen molar-refractivity contribution < 1.29 is 22.7 Å². The molecule has 0 unspecified atom stereocenters. The summed E-state index contributed by atoms with van der Waals surface area (Å²) in [6.07, 6.45) is 0.465. The molecular weight excluding hydrogens is 325 g/mol. The number of nitrogens with zero attached hydrogens (tertiary/aromatic N) is 3. The van der Waals surface area contributed by atoms with Crippen molar-refractivity contribution in [1.29, 1.82) is 0 Å². The minimum atomic E-state index is -4.35. The van der Waals surface area contributed by atoms with Gasteiger partial charge >= 0.3 is 6.18 Å². The molecule has 24 heavy (non-hydrogen) atoms. The average molecular weight is 346 g/mol. The van der Waals surface area contributed by atoms with E-state index in [1.54, 1.807) is 10.9 Å². The molecule has 0 saturated carbocycles. The van der Waals surface area contributed by atoms with Gasteiger partial charge in [0, 0.05) is 44.4 Å². The van der Waals surface area contributed by atoms with Gasteiger partial charge in [-0.1, -0.05) is 0 Å². The summed E-state index contributed by atoms with van der Waals surface area (Å²) in [4.78, 5) is 12.9. The van der Waals surface area contributed by atoms with Crippen molar-refractivity contribution in [2.75, 3.05) is 26.2 Å². The molecule has 6 nitrogen and oxygen atoms in total. The lowest BCUT2D eigenvalue weighted by Gasteiger charge is -2.21. The zero-order valence-corrected chi connectivity index (χ0v) is 13.4. The van der Waals surface area contributed by atoms with E-state index in [0.717, 1.165) is 16.9 Å². The lowest BCUT2D eigenvalue weighted by Crippen LogP contribution is -2.43. The number of ether oxygens (including phenoxy) is 1. The lowest BCUT2D eigenvalue weighted by atomic mass is 9.97. The number of carbonyl (C=O) groups excluding carboxylic acids is 1. The van der Waals surface area contributed by atoms with Crippen LogP contribution in [0.15, 0.2) is 12.4 Å². The van der Waals surface area contributed by atoms with Crippen molar-refractivity contribution in [2.24, 2.45) is 13.0 Å². The Kier molecular flexibility index (Phi) is 4.82. The molecule has 3 heterocycles. The molecular formula is C15H21F3N4O2. The Morgan fingerprint density at radius 1 is 1.42 bits per heavy atom. The van der Waals surface area contributed by atoms with Crippen molar-refractivity contribution in [1.82, 2.24) is 20.0 Å². The fraction of sp³-hybridized carbons (Fsp3) is 0.733. The van der Waals surface area contributed by atoms with Crippen molar-refractivity contribution in [3.63, 3.8) is 0 Å². The molecule has 0 aromatic carbocycles. The van der Waals surface area contributed by atoms with Crippen molar-refractivity contribution >= 4 is 5.91 Å². The minimum Gasteiger partial charge on any atom is -0.373 e. The molecule has 3 rings (SSSR count). The van der Waals surface area contributed by atoms with Crippen LogP contribution in [0.4, 0.5) is 13.2 Å². The van der Waals surface area contributed by atoms with E-state index in [1.807, 2.05) is 13.2 Å². The summed E-state index contributed by atoms with van der Waals surface area (Å²) < 4.78 is 44.8. The third-order valence-electron chi connectivity index (χ3n) is 4.56. The number of alkyl halides is 3. The van der Waals surface area contributed by atoms with Crippen LogP contribution in [-0.4, -0.2) is 59.0 Å². The Bertz CT molecular complexity index is 590. The molecule has 2 aliphatic heterocycles. The van der Waals surface area contributed by atoms with Crippen LogP contribution in [0.25, 0.3) is 0 Å². The lowest BCUT2D eigenvalue weighted by molar-refractivity contribution is -0.158. The topological polar surface area (TPSA) is 59.4 Å². The van der Waals surface area contributed by atoms with Gasteiger partial charge in [-0.15, -0.1) is 0 Å². The highest BCUT2D eigenvalue weighted by Gasteiger charge is 2.40. The second kappa shape index (κ2) is 6.72. The molecule has 0 bridgehead atoms. The van der Waals surface area contributed by atoms with Crippen LogP contribution in [0.2, 0.25) is 0 Å². The van der Waals surface area contributed by atoms with E-state index in [4.69, 9.17) is 4.74 Å². The molecule has 2 saturated heterocycles. The smallest absolute Gasteiger partial charge is 0.373 e. The van der Waals surface area contributed by atoms with Gasteiger partial charge in [0.15, 0.2) is 0 Å². The largest absolute Gasteiger partial charge is 0.406 e. The van der Waals surface area contributed by atoms with E-state index in [-0.39, 0.29) is 18.6 Å². The Morgan fingerprint density at radius 2 is 2.21 bits per heavy atom. The van der Waals surface area contributed by atoms with Gasteiger partial charge in [-0.25, -0.2) is 0 Å². The van der Waals surface area contributed by atoms with Crippen molar-refractivity contribution in [3.8, 4) is 0 Å². The standard InChI is InChI=1S/C15H21F3N4O2/c1-21-8-11(7-20-21)13-10(3-5-24-13)6-19-12-2-4-22(14(12)23)9-15(16,17)18/h7-8,10,12-13,19H,2-6,9H2,1H3/t10-,12+,13+/m0/s1. The molecule has 1 aromatic rings. The number of hydrogen-bond donors (Lipinski definition) is 1. The first kappa shape index (κ1) is 17.2. The predicted molar refractivity (Wildman–Crippen MR) is 79.1 cm³/mol. The van der Waals surface area contributed by atoms with E-state index < -0.39 is 24.7 Å². The van der Waals surface area contributed by atoms with Crippen LogP contribution in [0.5, 0.6) is 0 Å². The maximum Gasteiger partial charge on any atom is 0.406 e. The molecule has 0 radical (unpaired) electrons. The van der Waals surface area contributed by atoms with Gasteiger partial charge in [0.1, 0.15) is 6.54 Å². The summed E-state index contributed by atoms with van der Waals surface area (Å²) in [7, 11) is 1.83. The second-order valence-corrected chi connectivity index (χ2v) is 6.41. The van der Waals surface area contributed by atoms with E-state index in [1.165, 1.54) is 0 Å². The van der Waals surface area contributed by atoms with Crippen LogP contribution >= 0.6 is 0 Å². The maximum absolute atomic E-state index is 12.4. The van der Waals surface area contributed by atoms with E-state index in [0.29, 0.717) is 19.6 Å². The highest BCUT2D eigenvalue weighted by molar-refractivity contribution is 5.84. The number of halogens is 3. The first-order valence-corrected chi connectivity index (χ1v) is 8.02. The zero-order valence-electron chi connectivity index (χ0n) is 13.4. The normalized spacial score (nSPS) is 28.1. The fourth-order valence-corrected chi connectivity index (χ4v) is 3.39. The van der Waals surface area contributed by atoms with Crippen LogP contribution in [-0.2, 0) is 16.6 Å². The summed E-state index contributed by atoms with van der Waals surface area (Å²) in [5, 5.41) is 7.27. The monoisotopic (exact) mass is 346 g/mol. The molecule has 134 valence electrons. The van der Waals surface area contributed by atoms with Crippen LogP contribution < -0.4 is 5.32 Å². The van der Waals surface area contributed by atoms with Crippen LogP contribution in [0.3, 0.4) is 0 Å². The molecule has 1 N–H and O–H groups in total. The first-order chi connectivity index (χ1) is 11.3. The molecule has 3 atom stereocenters. The quantitative estimate of drug-likeness (QED) is 0.872. The fourth-order valence-electron chi connectivity index (χ4n) is 3.39. The molecule has 0 aliphatic carbocycles. The van der Waals surface area contributed by atoms with E-state index in [9.17, 15) is 18.0 Å². The molecule has 9 heteroatoms. The Labute approximate surface area is 137 Å². The summed E-state index contributed by atoms with van der Waals surface area (Å²) >= 11 is 0. The number of aryl methyl sites for hydroxylation is 1. The summed E-state index contributed by atoms with van der Waals surface area (Å²) in [6, 6.07) is -0.539. The first-order valence-electron chi connectivity index (χ1n) is 8.02. The number of amides is 1. The number of carbonyl (C=O) groups is 1. The summed E-state index contributed by atoms with van der Waals surface area (Å²) in [5.41, 5.74) is 0.984. The zero-order chi connectivity index (χ0) is 17.3. The van der Waals surface area contributed by atoms with E-state index in [2.05, 4.69) is 10.4 Å². The van der Waals surface area contributed by atoms with Crippen molar-refractivity contribution in [2.45, 2.75) is 31.2 Å². The third kappa shape index (κ3) is 3.89. The average Bonchev–Trinajstić information content (AvgIpc) is 3.18. The number of likely N-dealkylation sites (tertiary alicyclic amines) is 1. The van der Waals surface area contributed by atoms with Gasteiger partial charge in [0.25, 0.3) is 0 Å². The second-order valence-electron chi connectivity index (χ2n) is 6.41. The molecule has 1 aromatic heterocycles. The van der Waals surface area contributed by atoms with Crippen LogP contribution in [0, 0.1) is 5.92 Å². The number of aromatic nitrogens is 2. The molecule has 2 fully saturated rings. The molecule has 1 amide bonds. The molecule has 0 spiro atoms. The summed E-state index contributed by atoms with van der Waals surface area (Å²) in [6.45, 7) is 0.138. The van der Waals surface area contributed by atoms with Crippen LogP contribution in [0.1, 0.15) is 24.5 Å². The minimum absolute atomic E-state index is 0.0889. The Balaban J connectivity index is 1.53. The van der Waals surface area contributed by atoms with Gasteiger partial charge in [-0.3, -0.25) is 9.48 Å². The van der Waals surface area contributed by atoms with Crippen molar-refractivity contribution in [3.05, 3.63) is 18.0 Å². The number of rotatable bonds is 5. The van der Waals surface area contributed by atoms with E-state index >= 15 is 0 Å². The Hall–Kier alpha value is -1.61. The van der Waals surface area contributed by atoms with Gasteiger partial charge < -0.3 is 15.0 Å². The molecule has 2 aliphatic rings. The highest BCUT2D eigenvalue weighted by atomic mass is 19.4. The summed E-state index contributed by atoms with van der Waals surface area (Å²) in [5.74, 6) is -0.289.